The number of hydrogen-bond donors (Lipinski definition) is 1. The Kier molecular flexibility index (Phi) is 9.40. The lowest BCUT2D eigenvalue weighted by Gasteiger charge is -2.20. The maximum atomic E-state index is 4.35. The van der Waals surface area contributed by atoms with Crippen LogP contribution < -0.4 is 0 Å². The van der Waals surface area contributed by atoms with Crippen LogP contribution in [0.5, 0.6) is 0 Å². The van der Waals surface area contributed by atoms with Crippen molar-refractivity contribution in [2.24, 2.45) is 11.3 Å². The van der Waals surface area contributed by atoms with Crippen molar-refractivity contribution in [2.75, 3.05) is 0 Å². The summed E-state index contributed by atoms with van der Waals surface area (Å²) in [5.74, 6) is 0.628. The van der Waals surface area contributed by atoms with E-state index in [1.165, 1.54) is 38.9 Å². The SMILES string of the molecule is C=C(/C=C(\C)C(C)(C)C)C(=C)CCc1c(CC(C)C)[nH]c2c(C)ccc(C)c12.CC. The fourth-order valence-corrected chi connectivity index (χ4v) is 3.61. The number of fused-ring (bicyclic) bond motifs is 1. The van der Waals surface area contributed by atoms with Gasteiger partial charge in [-0.05, 0) is 79.2 Å². The Bertz CT molecular complexity index is 910. The van der Waals surface area contributed by atoms with Crippen molar-refractivity contribution in [3.8, 4) is 0 Å². The van der Waals surface area contributed by atoms with Crippen LogP contribution in [0.4, 0.5) is 0 Å². The molecule has 1 N–H and O–H groups in total. The molecule has 0 atom stereocenters. The van der Waals surface area contributed by atoms with Crippen molar-refractivity contribution in [3.63, 3.8) is 0 Å². The van der Waals surface area contributed by atoms with Crippen LogP contribution in [0.2, 0.25) is 0 Å². The molecule has 2 rings (SSSR count). The summed E-state index contributed by atoms with van der Waals surface area (Å²) in [4.78, 5) is 3.75. The number of allylic oxidation sites excluding steroid dienone is 4. The number of nitrogens with one attached hydrogen (secondary N) is 1. The molecule has 1 aromatic heterocycles. The summed E-state index contributed by atoms with van der Waals surface area (Å²) in [5.41, 5.74) is 10.6. The molecule has 0 fully saturated rings. The molecule has 1 aromatic carbocycles. The third kappa shape index (κ3) is 6.49. The number of rotatable bonds is 7. The minimum absolute atomic E-state index is 0.166. The first-order chi connectivity index (χ1) is 13.9. The van der Waals surface area contributed by atoms with E-state index in [0.717, 1.165) is 30.4 Å². The first kappa shape index (κ1) is 26.0. The highest BCUT2D eigenvalue weighted by Crippen LogP contribution is 2.32. The van der Waals surface area contributed by atoms with Crippen LogP contribution in [0.1, 0.15) is 84.2 Å². The van der Waals surface area contributed by atoms with Gasteiger partial charge < -0.3 is 4.98 Å². The van der Waals surface area contributed by atoms with Gasteiger partial charge in [0.15, 0.2) is 0 Å². The molecule has 166 valence electrons. The Balaban J connectivity index is 0.00000218. The summed E-state index contributed by atoms with van der Waals surface area (Å²) in [6.07, 6.45) is 5.24. The lowest BCUT2D eigenvalue weighted by molar-refractivity contribution is 0.503. The largest absolute Gasteiger partial charge is 0.358 e. The van der Waals surface area contributed by atoms with E-state index >= 15 is 0 Å². The van der Waals surface area contributed by atoms with Gasteiger partial charge in [-0.1, -0.05) is 85.4 Å². The molecule has 0 spiro atoms. The van der Waals surface area contributed by atoms with Crippen molar-refractivity contribution < 1.29 is 0 Å². The number of H-pyrrole nitrogens is 1. The summed E-state index contributed by atoms with van der Waals surface area (Å²) < 4.78 is 0. The lowest BCUT2D eigenvalue weighted by atomic mass is 9.85. The zero-order valence-electron chi connectivity index (χ0n) is 21.3. The molecule has 0 unspecified atom stereocenters. The fraction of sp³-hybridized carbons (Fsp3) is 0.517. The molecule has 0 aliphatic heterocycles. The average Bonchev–Trinajstić information content (AvgIpc) is 3.02. The van der Waals surface area contributed by atoms with E-state index in [1.54, 1.807) is 0 Å². The standard InChI is InChI=1S/C27H39N.C2H6/c1-17(2)15-24-23(25-19(4)11-12-20(5)26(25)28-24)14-13-18(3)21(6)16-22(7)27(8,9)10;1-2/h11-12,16-17,28H,3,6,13-15H2,1-2,4-5,7-10H3;1-2H3/b22-16+;. The molecular weight excluding hydrogens is 362 g/mol. The Hall–Kier alpha value is -2.02. The summed E-state index contributed by atoms with van der Waals surface area (Å²) in [7, 11) is 0. The highest BCUT2D eigenvalue weighted by molar-refractivity contribution is 5.90. The van der Waals surface area contributed by atoms with Crippen LogP contribution in [-0.2, 0) is 12.8 Å². The van der Waals surface area contributed by atoms with Gasteiger partial charge in [-0.3, -0.25) is 0 Å². The molecule has 0 saturated carbocycles. The molecule has 2 aromatic rings. The molecule has 1 nitrogen and oxygen atoms in total. The molecule has 1 heteroatoms. The van der Waals surface area contributed by atoms with E-state index < -0.39 is 0 Å². The number of hydrogen-bond acceptors (Lipinski definition) is 0. The van der Waals surface area contributed by atoms with Gasteiger partial charge in [-0.15, -0.1) is 0 Å². The summed E-state index contributed by atoms with van der Waals surface area (Å²) >= 11 is 0. The molecule has 1 heterocycles. The predicted molar refractivity (Wildman–Crippen MR) is 137 cm³/mol. The molecule has 0 amide bonds. The van der Waals surface area contributed by atoms with Crippen molar-refractivity contribution in [2.45, 2.75) is 88.5 Å². The highest BCUT2D eigenvalue weighted by Gasteiger charge is 2.17. The van der Waals surface area contributed by atoms with Crippen LogP contribution in [0, 0.1) is 25.2 Å². The number of benzene rings is 1. The van der Waals surface area contributed by atoms with E-state index in [2.05, 4.69) is 91.7 Å². The van der Waals surface area contributed by atoms with Crippen molar-refractivity contribution in [3.05, 3.63) is 70.5 Å². The molecular formula is C29H45N. The second-order valence-corrected chi connectivity index (χ2v) is 9.84. The summed E-state index contributed by atoms with van der Waals surface area (Å²) in [6, 6.07) is 4.47. The third-order valence-electron chi connectivity index (χ3n) is 5.88. The smallest absolute Gasteiger partial charge is 0.0491 e. The summed E-state index contributed by atoms with van der Waals surface area (Å²) in [6.45, 7) is 30.5. The van der Waals surface area contributed by atoms with Crippen LogP contribution in [-0.4, -0.2) is 4.98 Å². The van der Waals surface area contributed by atoms with E-state index in [1.807, 2.05) is 13.8 Å². The topological polar surface area (TPSA) is 15.8 Å². The normalized spacial score (nSPS) is 12.2. The van der Waals surface area contributed by atoms with E-state index in [4.69, 9.17) is 0 Å². The minimum Gasteiger partial charge on any atom is -0.358 e. The Morgan fingerprint density at radius 2 is 1.63 bits per heavy atom. The van der Waals surface area contributed by atoms with Gasteiger partial charge in [0.05, 0.1) is 0 Å². The van der Waals surface area contributed by atoms with Crippen LogP contribution in [0.3, 0.4) is 0 Å². The van der Waals surface area contributed by atoms with Gasteiger partial charge in [0.1, 0.15) is 0 Å². The van der Waals surface area contributed by atoms with Crippen LogP contribution >= 0.6 is 0 Å². The monoisotopic (exact) mass is 407 g/mol. The molecule has 0 bridgehead atoms. The Labute approximate surface area is 186 Å². The number of aromatic nitrogens is 1. The number of aryl methyl sites for hydroxylation is 3. The Morgan fingerprint density at radius 1 is 1.07 bits per heavy atom. The summed E-state index contributed by atoms with van der Waals surface area (Å²) in [5, 5.41) is 1.41. The first-order valence-electron chi connectivity index (χ1n) is 11.6. The van der Waals surface area contributed by atoms with Gasteiger partial charge >= 0.3 is 0 Å². The van der Waals surface area contributed by atoms with Gasteiger partial charge in [-0.2, -0.15) is 0 Å². The van der Waals surface area contributed by atoms with Crippen LogP contribution in [0.15, 0.2) is 48.1 Å². The fourth-order valence-electron chi connectivity index (χ4n) is 3.61. The van der Waals surface area contributed by atoms with Gasteiger partial charge in [0.25, 0.3) is 0 Å². The minimum atomic E-state index is 0.166. The van der Waals surface area contributed by atoms with Gasteiger partial charge in [0, 0.05) is 16.6 Å². The van der Waals surface area contributed by atoms with Gasteiger partial charge in [0.2, 0.25) is 0 Å². The maximum absolute atomic E-state index is 4.35. The van der Waals surface area contributed by atoms with Crippen molar-refractivity contribution in [1.82, 2.24) is 4.98 Å². The average molecular weight is 408 g/mol. The van der Waals surface area contributed by atoms with Crippen molar-refractivity contribution >= 4 is 10.9 Å². The maximum Gasteiger partial charge on any atom is 0.0491 e. The zero-order valence-corrected chi connectivity index (χ0v) is 21.3. The Morgan fingerprint density at radius 3 is 2.17 bits per heavy atom. The van der Waals surface area contributed by atoms with Gasteiger partial charge in [-0.25, -0.2) is 0 Å². The van der Waals surface area contributed by atoms with E-state index in [-0.39, 0.29) is 5.41 Å². The second-order valence-electron chi connectivity index (χ2n) is 9.84. The second kappa shape index (κ2) is 10.8. The molecule has 0 aliphatic rings. The quantitative estimate of drug-likeness (QED) is 0.440. The third-order valence-corrected chi connectivity index (χ3v) is 5.88. The lowest BCUT2D eigenvalue weighted by Crippen LogP contribution is -2.07. The predicted octanol–water partition coefficient (Wildman–Crippen LogP) is 9.05. The van der Waals surface area contributed by atoms with E-state index in [9.17, 15) is 0 Å². The molecule has 0 saturated heterocycles. The first-order valence-corrected chi connectivity index (χ1v) is 11.6. The number of aromatic amines is 1. The van der Waals surface area contributed by atoms with E-state index in [0.29, 0.717) is 5.92 Å². The molecule has 30 heavy (non-hydrogen) atoms. The highest BCUT2D eigenvalue weighted by atomic mass is 14.7. The zero-order chi connectivity index (χ0) is 23.2. The van der Waals surface area contributed by atoms with Crippen LogP contribution in [0.25, 0.3) is 10.9 Å². The molecule has 0 aliphatic carbocycles. The molecule has 0 radical (unpaired) electrons. The van der Waals surface area contributed by atoms with Crippen molar-refractivity contribution in [1.29, 1.82) is 0 Å².